The third-order valence-corrected chi connectivity index (χ3v) is 8.37. The van der Waals surface area contributed by atoms with Crippen molar-refractivity contribution in [2.75, 3.05) is 17.4 Å². The SMILES string of the molecule is CCCCNC(=O)[C@@H](C)N(Cc1ccccc1)C(=O)CN(c1ccc(C)c(C)c1)S(=O)(=O)c1ccccc1. The summed E-state index contributed by atoms with van der Waals surface area (Å²) in [5.74, 6) is -0.740. The fourth-order valence-corrected chi connectivity index (χ4v) is 5.46. The first-order valence-electron chi connectivity index (χ1n) is 12.9. The van der Waals surface area contributed by atoms with Gasteiger partial charge in [-0.05, 0) is 68.1 Å². The topological polar surface area (TPSA) is 86.8 Å². The Kier molecular flexibility index (Phi) is 10.1. The van der Waals surface area contributed by atoms with E-state index in [-0.39, 0.29) is 17.3 Å². The maximum absolute atomic E-state index is 13.9. The van der Waals surface area contributed by atoms with Gasteiger partial charge in [0.15, 0.2) is 0 Å². The summed E-state index contributed by atoms with van der Waals surface area (Å²) >= 11 is 0. The molecule has 1 atom stereocenters. The average Bonchev–Trinajstić information content (AvgIpc) is 2.92. The molecule has 3 aromatic rings. The molecule has 3 aromatic carbocycles. The summed E-state index contributed by atoms with van der Waals surface area (Å²) in [6.45, 7) is 7.81. The number of benzene rings is 3. The highest BCUT2D eigenvalue weighted by Crippen LogP contribution is 2.26. The van der Waals surface area contributed by atoms with E-state index in [9.17, 15) is 18.0 Å². The van der Waals surface area contributed by atoms with Crippen molar-refractivity contribution in [1.82, 2.24) is 10.2 Å². The summed E-state index contributed by atoms with van der Waals surface area (Å²) in [5.41, 5.74) is 3.16. The molecule has 0 unspecified atom stereocenters. The van der Waals surface area contributed by atoms with Gasteiger partial charge >= 0.3 is 0 Å². The molecule has 2 amide bonds. The van der Waals surface area contributed by atoms with Gasteiger partial charge in [0, 0.05) is 13.1 Å². The first-order valence-corrected chi connectivity index (χ1v) is 14.3. The first kappa shape index (κ1) is 28.9. The minimum absolute atomic E-state index is 0.0889. The Morgan fingerprint density at radius 2 is 1.53 bits per heavy atom. The van der Waals surface area contributed by atoms with E-state index in [2.05, 4.69) is 5.32 Å². The van der Waals surface area contributed by atoms with E-state index in [1.165, 1.54) is 17.0 Å². The lowest BCUT2D eigenvalue weighted by atomic mass is 10.1. The van der Waals surface area contributed by atoms with Crippen LogP contribution in [-0.2, 0) is 26.2 Å². The van der Waals surface area contributed by atoms with Crippen molar-refractivity contribution in [2.24, 2.45) is 0 Å². The first-order chi connectivity index (χ1) is 18.1. The molecule has 0 bridgehead atoms. The molecule has 1 N–H and O–H groups in total. The van der Waals surface area contributed by atoms with E-state index in [0.717, 1.165) is 33.8 Å². The standard InChI is InChI=1S/C30H37N3O4S/c1-5-6-19-31-30(35)25(4)32(21-26-13-9-7-10-14-26)29(34)22-33(27-18-17-23(2)24(3)20-27)38(36,37)28-15-11-8-12-16-28/h7-18,20,25H,5-6,19,21-22H2,1-4H3,(H,31,35)/t25-/m1/s1. The summed E-state index contributed by atoms with van der Waals surface area (Å²) < 4.78 is 28.7. The van der Waals surface area contributed by atoms with Crippen LogP contribution in [-0.4, -0.2) is 44.3 Å². The predicted molar refractivity (Wildman–Crippen MR) is 151 cm³/mol. The summed E-state index contributed by atoms with van der Waals surface area (Å²) in [7, 11) is -4.06. The number of sulfonamides is 1. The van der Waals surface area contributed by atoms with Crippen LogP contribution in [0.3, 0.4) is 0 Å². The fourth-order valence-electron chi connectivity index (χ4n) is 4.03. The Balaban J connectivity index is 1.99. The minimum Gasteiger partial charge on any atom is -0.354 e. The second kappa shape index (κ2) is 13.2. The molecule has 0 aromatic heterocycles. The zero-order valence-electron chi connectivity index (χ0n) is 22.6. The zero-order valence-corrected chi connectivity index (χ0v) is 23.4. The number of hydrogen-bond donors (Lipinski definition) is 1. The summed E-state index contributed by atoms with van der Waals surface area (Å²) in [6.07, 6.45) is 1.77. The molecule has 38 heavy (non-hydrogen) atoms. The Hall–Kier alpha value is -3.65. The molecule has 8 heteroatoms. The third-order valence-electron chi connectivity index (χ3n) is 6.58. The number of aryl methyl sites for hydroxylation is 2. The second-order valence-electron chi connectivity index (χ2n) is 9.42. The Bertz CT molecular complexity index is 1330. The fraction of sp³-hybridized carbons (Fsp3) is 0.333. The van der Waals surface area contributed by atoms with Crippen LogP contribution in [0.5, 0.6) is 0 Å². The van der Waals surface area contributed by atoms with Crippen LogP contribution in [0.4, 0.5) is 5.69 Å². The Labute approximate surface area is 226 Å². The van der Waals surface area contributed by atoms with Gasteiger partial charge in [0.1, 0.15) is 12.6 Å². The average molecular weight is 536 g/mol. The molecule has 0 fully saturated rings. The van der Waals surface area contributed by atoms with Crippen LogP contribution in [0.25, 0.3) is 0 Å². The summed E-state index contributed by atoms with van der Waals surface area (Å²) in [6, 6.07) is 22.0. The minimum atomic E-state index is -4.06. The van der Waals surface area contributed by atoms with Crippen LogP contribution in [0.2, 0.25) is 0 Å². The molecule has 202 valence electrons. The van der Waals surface area contributed by atoms with E-state index in [1.54, 1.807) is 37.3 Å². The monoisotopic (exact) mass is 535 g/mol. The third kappa shape index (κ3) is 7.22. The van der Waals surface area contributed by atoms with Crippen LogP contribution in [0, 0.1) is 13.8 Å². The van der Waals surface area contributed by atoms with Crippen molar-refractivity contribution < 1.29 is 18.0 Å². The quantitative estimate of drug-likeness (QED) is 0.337. The van der Waals surface area contributed by atoms with Crippen molar-refractivity contribution in [1.29, 1.82) is 0 Å². The molecule has 0 radical (unpaired) electrons. The molecular weight excluding hydrogens is 498 g/mol. The lowest BCUT2D eigenvalue weighted by Crippen LogP contribution is -2.51. The number of nitrogens with one attached hydrogen (secondary N) is 1. The Morgan fingerprint density at radius 1 is 0.895 bits per heavy atom. The number of unbranched alkanes of at least 4 members (excludes halogenated alkanes) is 1. The molecule has 0 spiro atoms. The highest BCUT2D eigenvalue weighted by molar-refractivity contribution is 7.92. The predicted octanol–water partition coefficient (Wildman–Crippen LogP) is 4.83. The smallest absolute Gasteiger partial charge is 0.264 e. The Morgan fingerprint density at radius 3 is 2.13 bits per heavy atom. The zero-order chi connectivity index (χ0) is 27.7. The highest BCUT2D eigenvalue weighted by Gasteiger charge is 2.32. The normalized spacial score (nSPS) is 12.0. The van der Waals surface area contributed by atoms with Gasteiger partial charge in [-0.25, -0.2) is 8.42 Å². The lowest BCUT2D eigenvalue weighted by molar-refractivity contribution is -0.139. The van der Waals surface area contributed by atoms with Gasteiger partial charge in [-0.1, -0.05) is 67.9 Å². The molecule has 7 nitrogen and oxygen atoms in total. The van der Waals surface area contributed by atoms with Gasteiger partial charge in [0.25, 0.3) is 10.0 Å². The molecule has 0 aliphatic heterocycles. The number of carbonyl (C=O) groups excluding carboxylic acids is 2. The van der Waals surface area contributed by atoms with Crippen molar-refractivity contribution >= 4 is 27.5 Å². The molecule has 0 saturated heterocycles. The van der Waals surface area contributed by atoms with Gasteiger partial charge in [0.05, 0.1) is 10.6 Å². The molecule has 3 rings (SSSR count). The van der Waals surface area contributed by atoms with Gasteiger partial charge in [-0.15, -0.1) is 0 Å². The second-order valence-corrected chi connectivity index (χ2v) is 11.3. The molecule has 0 saturated carbocycles. The van der Waals surface area contributed by atoms with Crippen molar-refractivity contribution in [3.8, 4) is 0 Å². The van der Waals surface area contributed by atoms with Crippen molar-refractivity contribution in [2.45, 2.75) is 58.0 Å². The molecule has 0 aliphatic rings. The van der Waals surface area contributed by atoms with Crippen LogP contribution >= 0.6 is 0 Å². The van der Waals surface area contributed by atoms with Gasteiger partial charge in [0.2, 0.25) is 11.8 Å². The number of carbonyl (C=O) groups is 2. The number of anilines is 1. The maximum atomic E-state index is 13.9. The van der Waals surface area contributed by atoms with E-state index in [4.69, 9.17) is 0 Å². The van der Waals surface area contributed by atoms with E-state index in [0.29, 0.717) is 12.2 Å². The lowest BCUT2D eigenvalue weighted by Gasteiger charge is -2.32. The van der Waals surface area contributed by atoms with E-state index in [1.807, 2.05) is 57.2 Å². The van der Waals surface area contributed by atoms with Gasteiger partial charge in [-0.3, -0.25) is 13.9 Å². The number of nitrogens with zero attached hydrogens (tertiary/aromatic N) is 2. The molecule has 0 aliphatic carbocycles. The van der Waals surface area contributed by atoms with Crippen LogP contribution < -0.4 is 9.62 Å². The number of hydrogen-bond acceptors (Lipinski definition) is 4. The highest BCUT2D eigenvalue weighted by atomic mass is 32.2. The summed E-state index contributed by atoms with van der Waals surface area (Å²) in [5, 5.41) is 2.89. The molecular formula is C30H37N3O4S. The van der Waals surface area contributed by atoms with E-state index >= 15 is 0 Å². The van der Waals surface area contributed by atoms with E-state index < -0.39 is 28.5 Å². The van der Waals surface area contributed by atoms with Crippen molar-refractivity contribution in [3.05, 3.63) is 95.6 Å². The number of rotatable bonds is 12. The van der Waals surface area contributed by atoms with Crippen LogP contribution in [0.1, 0.15) is 43.4 Å². The molecule has 0 heterocycles. The summed E-state index contributed by atoms with van der Waals surface area (Å²) in [4.78, 5) is 28.4. The number of amides is 2. The van der Waals surface area contributed by atoms with Crippen molar-refractivity contribution in [3.63, 3.8) is 0 Å². The largest absolute Gasteiger partial charge is 0.354 e. The van der Waals surface area contributed by atoms with Gasteiger partial charge < -0.3 is 10.2 Å². The maximum Gasteiger partial charge on any atom is 0.264 e. The van der Waals surface area contributed by atoms with Crippen LogP contribution in [0.15, 0.2) is 83.8 Å². The van der Waals surface area contributed by atoms with Gasteiger partial charge in [-0.2, -0.15) is 0 Å².